The largest absolute Gasteiger partial charge is 0.497 e. The summed E-state index contributed by atoms with van der Waals surface area (Å²) in [5, 5.41) is 7.53. The third kappa shape index (κ3) is 3.53. The van der Waals surface area contributed by atoms with E-state index >= 15 is 0 Å². The minimum Gasteiger partial charge on any atom is -0.497 e. The number of rotatable bonds is 5. The van der Waals surface area contributed by atoms with Gasteiger partial charge in [-0.15, -0.1) is 0 Å². The Balaban J connectivity index is 1.63. The van der Waals surface area contributed by atoms with Crippen LogP contribution in [0.25, 0.3) is 11.3 Å². The van der Waals surface area contributed by atoms with Crippen LogP contribution in [-0.4, -0.2) is 28.1 Å². The summed E-state index contributed by atoms with van der Waals surface area (Å²) < 4.78 is 6.28. The Morgan fingerprint density at radius 2 is 1.71 bits per heavy atom. The minimum absolute atomic E-state index is 0.0426. The van der Waals surface area contributed by atoms with E-state index in [9.17, 15) is 4.79 Å². The van der Waals surface area contributed by atoms with E-state index in [1.165, 1.54) is 0 Å². The van der Waals surface area contributed by atoms with Gasteiger partial charge in [0.1, 0.15) is 11.4 Å². The molecule has 0 aliphatic carbocycles. The summed E-state index contributed by atoms with van der Waals surface area (Å²) in [6, 6.07) is 25.7. The molecule has 1 aromatic heterocycles. The monoisotopic (exact) mass is 473 g/mol. The number of fused-ring (bicyclic) bond motifs is 1. The van der Waals surface area contributed by atoms with Crippen LogP contribution in [0, 0.1) is 0 Å². The molecule has 4 aromatic rings. The second-order valence-corrected chi connectivity index (χ2v) is 8.38. The molecule has 1 N–H and O–H groups in total. The van der Waals surface area contributed by atoms with Crippen LogP contribution in [0.15, 0.2) is 83.3 Å². The smallest absolute Gasteiger partial charge is 0.273 e. The number of hydrogen-bond donors (Lipinski definition) is 1. The molecule has 154 valence electrons. The zero-order chi connectivity index (χ0) is 21.4. The van der Waals surface area contributed by atoms with E-state index in [1.807, 2.05) is 71.6 Å². The third-order valence-electron chi connectivity index (χ3n) is 5.61. The molecular formula is C25H20BrN3O2. The lowest BCUT2D eigenvalue weighted by atomic mass is 9.96. The van der Waals surface area contributed by atoms with Gasteiger partial charge in [0.15, 0.2) is 0 Å². The molecule has 0 radical (unpaired) electrons. The van der Waals surface area contributed by atoms with Gasteiger partial charge in [-0.25, -0.2) is 0 Å². The van der Waals surface area contributed by atoms with E-state index in [2.05, 4.69) is 38.3 Å². The number of aromatic amines is 1. The Labute approximate surface area is 188 Å². The van der Waals surface area contributed by atoms with Crippen molar-refractivity contribution in [2.45, 2.75) is 12.6 Å². The number of H-pyrrole nitrogens is 1. The van der Waals surface area contributed by atoms with Crippen LogP contribution >= 0.6 is 15.9 Å². The Kier molecular flexibility index (Phi) is 5.08. The molecule has 1 amide bonds. The summed E-state index contributed by atoms with van der Waals surface area (Å²) in [7, 11) is 1.64. The van der Waals surface area contributed by atoms with E-state index < -0.39 is 0 Å². The molecule has 0 saturated carbocycles. The van der Waals surface area contributed by atoms with Crippen LogP contribution in [-0.2, 0) is 6.54 Å². The number of methoxy groups -OCH3 is 1. The molecule has 0 spiro atoms. The number of aromatic nitrogens is 2. The first kappa shape index (κ1) is 19.6. The molecule has 31 heavy (non-hydrogen) atoms. The lowest BCUT2D eigenvalue weighted by Gasteiger charge is -2.26. The van der Waals surface area contributed by atoms with Crippen molar-refractivity contribution < 1.29 is 9.53 Å². The van der Waals surface area contributed by atoms with Crippen LogP contribution in [0.4, 0.5) is 0 Å². The predicted molar refractivity (Wildman–Crippen MR) is 123 cm³/mol. The molecule has 2 heterocycles. The highest BCUT2D eigenvalue weighted by atomic mass is 79.9. The van der Waals surface area contributed by atoms with Gasteiger partial charge in [0.05, 0.1) is 18.8 Å². The van der Waals surface area contributed by atoms with Gasteiger partial charge in [0, 0.05) is 22.1 Å². The summed E-state index contributed by atoms with van der Waals surface area (Å²) in [6.07, 6.45) is 0. The normalized spacial score (nSPS) is 15.2. The highest BCUT2D eigenvalue weighted by Gasteiger charge is 2.42. The number of nitrogens with zero attached hydrogens (tertiary/aromatic N) is 2. The van der Waals surface area contributed by atoms with Crippen molar-refractivity contribution in [3.63, 3.8) is 0 Å². The van der Waals surface area contributed by atoms with Crippen molar-refractivity contribution in [3.8, 4) is 17.0 Å². The van der Waals surface area contributed by atoms with Crippen LogP contribution in [0.3, 0.4) is 0 Å². The Hall–Kier alpha value is -3.38. The zero-order valence-electron chi connectivity index (χ0n) is 16.9. The standard InChI is InChI=1S/C25H20BrN3O2/c1-31-20-13-9-17(10-14-20)22-21-23(28-27-22)25(30)29(15-16-5-3-2-4-6-16)24(21)18-7-11-19(26)12-8-18/h2-14,24H,15H2,1H3,(H,27,28). The molecule has 1 aliphatic heterocycles. The van der Waals surface area contributed by atoms with Crippen molar-refractivity contribution in [1.29, 1.82) is 0 Å². The van der Waals surface area contributed by atoms with Gasteiger partial charge in [0.25, 0.3) is 5.91 Å². The van der Waals surface area contributed by atoms with Gasteiger partial charge >= 0.3 is 0 Å². The first-order chi connectivity index (χ1) is 15.2. The summed E-state index contributed by atoms with van der Waals surface area (Å²) in [5.41, 5.74) is 5.32. The maximum atomic E-state index is 13.4. The quantitative estimate of drug-likeness (QED) is 0.410. The molecule has 1 aliphatic rings. The lowest BCUT2D eigenvalue weighted by Crippen LogP contribution is -2.29. The topological polar surface area (TPSA) is 58.2 Å². The molecule has 5 nitrogen and oxygen atoms in total. The van der Waals surface area contributed by atoms with E-state index in [1.54, 1.807) is 7.11 Å². The van der Waals surface area contributed by atoms with Gasteiger partial charge in [-0.2, -0.15) is 5.10 Å². The van der Waals surface area contributed by atoms with Crippen molar-refractivity contribution in [1.82, 2.24) is 15.1 Å². The maximum absolute atomic E-state index is 13.4. The van der Waals surface area contributed by atoms with Crippen molar-refractivity contribution in [2.75, 3.05) is 7.11 Å². The van der Waals surface area contributed by atoms with Gasteiger partial charge in [-0.3, -0.25) is 9.89 Å². The maximum Gasteiger partial charge on any atom is 0.273 e. The molecule has 0 fully saturated rings. The number of hydrogen-bond acceptors (Lipinski definition) is 3. The molecular weight excluding hydrogens is 454 g/mol. The Bertz CT molecular complexity index is 1220. The summed E-state index contributed by atoms with van der Waals surface area (Å²) in [5.74, 6) is 0.737. The van der Waals surface area contributed by atoms with E-state index in [0.29, 0.717) is 12.2 Å². The molecule has 1 atom stereocenters. The fourth-order valence-corrected chi connectivity index (χ4v) is 4.36. The van der Waals surface area contributed by atoms with E-state index in [0.717, 1.165) is 38.2 Å². The zero-order valence-corrected chi connectivity index (χ0v) is 18.5. The molecule has 3 aromatic carbocycles. The van der Waals surface area contributed by atoms with Crippen molar-refractivity contribution >= 4 is 21.8 Å². The van der Waals surface area contributed by atoms with Gasteiger partial charge in [-0.1, -0.05) is 58.4 Å². The van der Waals surface area contributed by atoms with Gasteiger partial charge in [-0.05, 0) is 47.5 Å². The van der Waals surface area contributed by atoms with Crippen LogP contribution in [0.5, 0.6) is 5.75 Å². The minimum atomic E-state index is -0.230. The number of halogens is 1. The average molecular weight is 474 g/mol. The van der Waals surface area contributed by atoms with Crippen LogP contribution < -0.4 is 4.74 Å². The number of nitrogens with one attached hydrogen (secondary N) is 1. The number of amides is 1. The average Bonchev–Trinajstić information content (AvgIpc) is 3.35. The van der Waals surface area contributed by atoms with Crippen LogP contribution in [0.2, 0.25) is 0 Å². The molecule has 6 heteroatoms. The third-order valence-corrected chi connectivity index (χ3v) is 6.14. The fraction of sp³-hybridized carbons (Fsp3) is 0.120. The Morgan fingerprint density at radius 3 is 2.39 bits per heavy atom. The molecule has 5 rings (SSSR count). The van der Waals surface area contributed by atoms with Gasteiger partial charge < -0.3 is 9.64 Å². The summed E-state index contributed by atoms with van der Waals surface area (Å²) >= 11 is 3.51. The molecule has 0 saturated heterocycles. The molecule has 0 bridgehead atoms. The summed E-state index contributed by atoms with van der Waals surface area (Å²) in [6.45, 7) is 0.519. The highest BCUT2D eigenvalue weighted by Crippen LogP contribution is 2.43. The fourth-order valence-electron chi connectivity index (χ4n) is 4.10. The Morgan fingerprint density at radius 1 is 1.00 bits per heavy atom. The van der Waals surface area contributed by atoms with Crippen molar-refractivity contribution in [3.05, 3.63) is 106 Å². The second-order valence-electron chi connectivity index (χ2n) is 7.46. The number of ether oxygens (including phenoxy) is 1. The second kappa shape index (κ2) is 8.04. The first-order valence-electron chi connectivity index (χ1n) is 9.99. The molecule has 1 unspecified atom stereocenters. The van der Waals surface area contributed by atoms with E-state index in [-0.39, 0.29) is 11.9 Å². The number of carbonyl (C=O) groups excluding carboxylic acids is 1. The number of carbonyl (C=O) groups is 1. The van der Waals surface area contributed by atoms with Gasteiger partial charge in [0.2, 0.25) is 0 Å². The SMILES string of the molecule is COc1ccc(-c2n[nH]c3c2C(c2ccc(Br)cc2)N(Cc2ccccc2)C3=O)cc1. The number of benzene rings is 3. The lowest BCUT2D eigenvalue weighted by molar-refractivity contribution is 0.0730. The summed E-state index contributed by atoms with van der Waals surface area (Å²) in [4.78, 5) is 15.3. The highest BCUT2D eigenvalue weighted by molar-refractivity contribution is 9.10. The van der Waals surface area contributed by atoms with E-state index in [4.69, 9.17) is 4.74 Å². The first-order valence-corrected chi connectivity index (χ1v) is 10.8. The van der Waals surface area contributed by atoms with Crippen LogP contribution in [0.1, 0.15) is 33.2 Å². The van der Waals surface area contributed by atoms with Crippen molar-refractivity contribution in [2.24, 2.45) is 0 Å². The predicted octanol–water partition coefficient (Wildman–Crippen LogP) is 5.59.